The Morgan fingerprint density at radius 2 is 2.10 bits per heavy atom. The van der Waals surface area contributed by atoms with E-state index in [0.717, 1.165) is 0 Å². The summed E-state index contributed by atoms with van der Waals surface area (Å²) in [7, 11) is 1.79. The quantitative estimate of drug-likeness (QED) is 0.515. The molecule has 0 radical (unpaired) electrons. The number of fused-ring (bicyclic) bond motifs is 1. The minimum Gasteiger partial charge on any atom is -0.379 e. The first-order valence-corrected chi connectivity index (χ1v) is 4.10. The van der Waals surface area contributed by atoms with E-state index in [0.29, 0.717) is 18.3 Å². The van der Waals surface area contributed by atoms with E-state index >= 15 is 0 Å². The van der Waals surface area contributed by atoms with Crippen LogP contribution in [0.5, 0.6) is 0 Å². The van der Waals surface area contributed by atoms with Gasteiger partial charge in [-0.05, 0) is 12.8 Å². The number of rotatable bonds is 1. The van der Waals surface area contributed by atoms with Crippen molar-refractivity contribution in [3.05, 3.63) is 0 Å². The van der Waals surface area contributed by atoms with Crippen LogP contribution in [-0.4, -0.2) is 25.4 Å². The summed E-state index contributed by atoms with van der Waals surface area (Å²) < 4.78 is 10.7. The minimum absolute atomic E-state index is 0.396. The molecular formula is C8H14O2. The molecule has 1 saturated heterocycles. The van der Waals surface area contributed by atoms with Crippen LogP contribution < -0.4 is 0 Å². The van der Waals surface area contributed by atoms with Crippen LogP contribution in [0.3, 0.4) is 0 Å². The van der Waals surface area contributed by atoms with Crippen molar-refractivity contribution in [2.24, 2.45) is 0 Å². The lowest BCUT2D eigenvalue weighted by atomic mass is 10.1. The van der Waals surface area contributed by atoms with Gasteiger partial charge in [-0.1, -0.05) is 12.8 Å². The Hall–Kier alpha value is -0.0800. The molecule has 0 aromatic rings. The second kappa shape index (κ2) is 2.51. The molecule has 3 atom stereocenters. The molecule has 2 nitrogen and oxygen atoms in total. The van der Waals surface area contributed by atoms with Gasteiger partial charge >= 0.3 is 0 Å². The van der Waals surface area contributed by atoms with E-state index in [2.05, 4.69) is 0 Å². The van der Waals surface area contributed by atoms with Crippen LogP contribution in [0.4, 0.5) is 0 Å². The summed E-state index contributed by atoms with van der Waals surface area (Å²) in [5, 5.41) is 0. The van der Waals surface area contributed by atoms with Crippen molar-refractivity contribution in [3.63, 3.8) is 0 Å². The molecule has 0 N–H and O–H groups in total. The maximum atomic E-state index is 5.44. The van der Waals surface area contributed by atoms with E-state index < -0.39 is 0 Å². The fourth-order valence-electron chi connectivity index (χ4n) is 1.82. The van der Waals surface area contributed by atoms with Crippen LogP contribution in [0, 0.1) is 0 Å². The highest BCUT2D eigenvalue weighted by Gasteiger charge is 2.45. The molecule has 3 unspecified atom stereocenters. The summed E-state index contributed by atoms with van der Waals surface area (Å²) in [6.45, 7) is 0. The molecule has 58 valence electrons. The number of hydrogen-bond donors (Lipinski definition) is 0. The fraction of sp³-hybridized carbons (Fsp3) is 1.00. The molecular weight excluding hydrogens is 128 g/mol. The van der Waals surface area contributed by atoms with Gasteiger partial charge < -0.3 is 9.47 Å². The number of methoxy groups -OCH3 is 1. The smallest absolute Gasteiger partial charge is 0.110 e. The van der Waals surface area contributed by atoms with Gasteiger partial charge in [0.25, 0.3) is 0 Å². The van der Waals surface area contributed by atoms with E-state index in [1.54, 1.807) is 7.11 Å². The maximum absolute atomic E-state index is 5.44. The third-order valence-corrected chi connectivity index (χ3v) is 2.52. The molecule has 10 heavy (non-hydrogen) atoms. The summed E-state index contributed by atoms with van der Waals surface area (Å²) >= 11 is 0. The molecule has 0 aromatic heterocycles. The topological polar surface area (TPSA) is 21.8 Å². The van der Waals surface area contributed by atoms with Crippen molar-refractivity contribution in [1.82, 2.24) is 0 Å². The van der Waals surface area contributed by atoms with E-state index in [1.165, 1.54) is 25.7 Å². The Labute approximate surface area is 61.5 Å². The molecule has 1 saturated carbocycles. The molecule has 2 aliphatic rings. The highest BCUT2D eigenvalue weighted by atomic mass is 16.6. The minimum atomic E-state index is 0.396. The molecule has 2 heteroatoms. The molecule has 2 rings (SSSR count). The molecule has 0 bridgehead atoms. The summed E-state index contributed by atoms with van der Waals surface area (Å²) in [5.41, 5.74) is 0. The Bertz CT molecular complexity index is 124. The molecule has 1 aliphatic heterocycles. The van der Waals surface area contributed by atoms with Crippen LogP contribution in [0.15, 0.2) is 0 Å². The Morgan fingerprint density at radius 3 is 2.90 bits per heavy atom. The first-order valence-electron chi connectivity index (χ1n) is 4.10. The normalized spacial score (nSPS) is 45.9. The van der Waals surface area contributed by atoms with Gasteiger partial charge in [-0.15, -0.1) is 0 Å². The summed E-state index contributed by atoms with van der Waals surface area (Å²) in [6, 6.07) is 0. The number of hydrogen-bond acceptors (Lipinski definition) is 2. The highest BCUT2D eigenvalue weighted by molar-refractivity contribution is 4.93. The monoisotopic (exact) mass is 142 g/mol. The second-order valence-electron chi connectivity index (χ2n) is 3.20. The van der Waals surface area contributed by atoms with Gasteiger partial charge in [-0.3, -0.25) is 0 Å². The van der Waals surface area contributed by atoms with Crippen LogP contribution in [0.25, 0.3) is 0 Å². The van der Waals surface area contributed by atoms with Crippen molar-refractivity contribution in [2.75, 3.05) is 7.11 Å². The molecule has 1 heterocycles. The van der Waals surface area contributed by atoms with Crippen LogP contribution in [0.2, 0.25) is 0 Å². The van der Waals surface area contributed by atoms with Crippen LogP contribution in [0.1, 0.15) is 25.7 Å². The number of epoxide rings is 1. The van der Waals surface area contributed by atoms with Gasteiger partial charge in [0.2, 0.25) is 0 Å². The van der Waals surface area contributed by atoms with Gasteiger partial charge in [0.05, 0.1) is 12.2 Å². The van der Waals surface area contributed by atoms with Gasteiger partial charge in [0, 0.05) is 7.11 Å². The van der Waals surface area contributed by atoms with E-state index in [9.17, 15) is 0 Å². The third kappa shape index (κ3) is 1.06. The predicted molar refractivity (Wildman–Crippen MR) is 37.9 cm³/mol. The first kappa shape index (κ1) is 6.62. The van der Waals surface area contributed by atoms with Crippen molar-refractivity contribution in [1.29, 1.82) is 0 Å². The van der Waals surface area contributed by atoms with Crippen molar-refractivity contribution in [2.45, 2.75) is 44.0 Å². The van der Waals surface area contributed by atoms with Gasteiger partial charge in [-0.25, -0.2) is 0 Å². The second-order valence-corrected chi connectivity index (χ2v) is 3.20. The van der Waals surface area contributed by atoms with E-state index in [-0.39, 0.29) is 0 Å². The van der Waals surface area contributed by atoms with Gasteiger partial charge in [-0.2, -0.15) is 0 Å². The lowest BCUT2D eigenvalue weighted by molar-refractivity contribution is 0.0674. The first-order chi connectivity index (χ1) is 4.92. The zero-order valence-corrected chi connectivity index (χ0v) is 6.38. The third-order valence-electron chi connectivity index (χ3n) is 2.52. The van der Waals surface area contributed by atoms with E-state index in [1.807, 2.05) is 0 Å². The van der Waals surface area contributed by atoms with Crippen molar-refractivity contribution >= 4 is 0 Å². The zero-order valence-electron chi connectivity index (χ0n) is 6.38. The maximum Gasteiger partial charge on any atom is 0.110 e. The highest BCUT2D eigenvalue weighted by Crippen LogP contribution is 2.36. The van der Waals surface area contributed by atoms with Crippen LogP contribution >= 0.6 is 0 Å². The fourth-order valence-corrected chi connectivity index (χ4v) is 1.82. The zero-order chi connectivity index (χ0) is 6.97. The predicted octanol–water partition coefficient (Wildman–Crippen LogP) is 1.34. The van der Waals surface area contributed by atoms with Gasteiger partial charge in [0.1, 0.15) is 6.10 Å². The SMILES string of the molecule is COC1CCCCC2OC12. The Balaban J connectivity index is 1.93. The van der Waals surface area contributed by atoms with Gasteiger partial charge in [0.15, 0.2) is 0 Å². The standard InChI is InChI=1S/C8H14O2/c1-9-6-4-2-3-5-7-8(6)10-7/h6-8H,2-5H2,1H3. The average Bonchev–Trinajstić information content (AvgIpc) is 2.63. The average molecular weight is 142 g/mol. The van der Waals surface area contributed by atoms with Crippen molar-refractivity contribution in [3.8, 4) is 0 Å². The van der Waals surface area contributed by atoms with E-state index in [4.69, 9.17) is 9.47 Å². The lowest BCUT2D eigenvalue weighted by Gasteiger charge is -2.09. The molecule has 0 aromatic carbocycles. The Morgan fingerprint density at radius 1 is 1.30 bits per heavy atom. The molecule has 1 aliphatic carbocycles. The van der Waals surface area contributed by atoms with Crippen molar-refractivity contribution < 1.29 is 9.47 Å². The Kier molecular flexibility index (Phi) is 1.66. The summed E-state index contributed by atoms with van der Waals surface area (Å²) in [5.74, 6) is 0. The summed E-state index contributed by atoms with van der Waals surface area (Å²) in [6.07, 6.45) is 6.48. The molecule has 2 fully saturated rings. The largest absolute Gasteiger partial charge is 0.379 e. The number of ether oxygens (including phenoxy) is 2. The summed E-state index contributed by atoms with van der Waals surface area (Å²) in [4.78, 5) is 0. The van der Waals surface area contributed by atoms with Crippen LogP contribution in [-0.2, 0) is 9.47 Å². The lowest BCUT2D eigenvalue weighted by Crippen LogP contribution is -2.17. The molecule has 0 spiro atoms. The molecule has 0 amide bonds.